The van der Waals surface area contributed by atoms with Gasteiger partial charge >= 0.3 is 0 Å². The second kappa shape index (κ2) is 5.91. The van der Waals surface area contributed by atoms with Gasteiger partial charge in [0.05, 0.1) is 5.02 Å². The fourth-order valence-corrected chi connectivity index (χ4v) is 2.97. The van der Waals surface area contributed by atoms with E-state index in [2.05, 4.69) is 5.32 Å². The molecule has 1 amide bonds. The van der Waals surface area contributed by atoms with Gasteiger partial charge in [-0.3, -0.25) is 4.79 Å². The molecule has 3 N–H and O–H groups in total. The van der Waals surface area contributed by atoms with Gasteiger partial charge in [0.1, 0.15) is 9.87 Å². The molecule has 1 heterocycles. The number of halogens is 1. The van der Waals surface area contributed by atoms with Crippen LogP contribution in [0, 0.1) is 13.8 Å². The lowest BCUT2D eigenvalue weighted by molar-refractivity contribution is 0.103. The maximum atomic E-state index is 12.2. The number of hydrogen-bond donors (Lipinski definition) is 2. The summed E-state index contributed by atoms with van der Waals surface area (Å²) in [5.74, 6) is -0.226. The molecular formula is C14H13ClN2OS2. The van der Waals surface area contributed by atoms with E-state index >= 15 is 0 Å². The first-order valence-corrected chi connectivity index (χ1v) is 7.52. The van der Waals surface area contributed by atoms with Crippen molar-refractivity contribution >= 4 is 51.7 Å². The Morgan fingerprint density at radius 2 is 2.05 bits per heavy atom. The summed E-state index contributed by atoms with van der Waals surface area (Å²) >= 11 is 12.4. The summed E-state index contributed by atoms with van der Waals surface area (Å²) in [5.41, 5.74) is 8.83. The van der Waals surface area contributed by atoms with E-state index in [1.165, 1.54) is 11.3 Å². The number of thiophene rings is 1. The Morgan fingerprint density at radius 3 is 2.60 bits per heavy atom. The van der Waals surface area contributed by atoms with Gasteiger partial charge in [-0.15, -0.1) is 11.3 Å². The van der Waals surface area contributed by atoms with E-state index in [1.807, 2.05) is 31.4 Å². The minimum Gasteiger partial charge on any atom is -0.389 e. The molecule has 2 aromatic rings. The molecule has 0 bridgehead atoms. The van der Waals surface area contributed by atoms with Crippen LogP contribution in [0.4, 0.5) is 5.69 Å². The largest absolute Gasteiger partial charge is 0.389 e. The summed E-state index contributed by atoms with van der Waals surface area (Å²) in [5, 5.41) is 5.20. The van der Waals surface area contributed by atoms with E-state index < -0.39 is 0 Å². The Kier molecular flexibility index (Phi) is 4.42. The lowest BCUT2D eigenvalue weighted by Gasteiger charge is -2.09. The van der Waals surface area contributed by atoms with Crippen LogP contribution in [0.3, 0.4) is 0 Å². The van der Waals surface area contributed by atoms with Crippen LogP contribution in [0.5, 0.6) is 0 Å². The van der Waals surface area contributed by atoms with Gasteiger partial charge in [0, 0.05) is 11.3 Å². The van der Waals surface area contributed by atoms with Crippen molar-refractivity contribution in [3.63, 3.8) is 0 Å². The first-order chi connectivity index (χ1) is 9.40. The van der Waals surface area contributed by atoms with E-state index in [1.54, 1.807) is 6.07 Å². The Hall–Kier alpha value is -1.43. The zero-order valence-corrected chi connectivity index (χ0v) is 13.4. The summed E-state index contributed by atoms with van der Waals surface area (Å²) in [6.07, 6.45) is 0. The Labute approximate surface area is 131 Å². The van der Waals surface area contributed by atoms with Gasteiger partial charge in [0.25, 0.3) is 5.91 Å². The zero-order valence-electron chi connectivity index (χ0n) is 11.0. The van der Waals surface area contributed by atoms with Crippen molar-refractivity contribution in [1.82, 2.24) is 0 Å². The van der Waals surface area contributed by atoms with Gasteiger partial charge < -0.3 is 11.1 Å². The monoisotopic (exact) mass is 324 g/mol. The third kappa shape index (κ3) is 3.00. The predicted molar refractivity (Wildman–Crippen MR) is 89.1 cm³/mol. The van der Waals surface area contributed by atoms with Crippen molar-refractivity contribution < 1.29 is 4.79 Å². The van der Waals surface area contributed by atoms with Gasteiger partial charge in [-0.2, -0.15) is 0 Å². The molecule has 0 aliphatic carbocycles. The highest BCUT2D eigenvalue weighted by molar-refractivity contribution is 7.80. The number of hydrogen-bond acceptors (Lipinski definition) is 3. The Balaban J connectivity index is 2.30. The number of carbonyl (C=O) groups is 1. The molecule has 2 rings (SSSR count). The van der Waals surface area contributed by atoms with Gasteiger partial charge in [-0.25, -0.2) is 0 Å². The third-order valence-electron chi connectivity index (χ3n) is 2.88. The Bertz CT molecular complexity index is 694. The molecule has 1 aromatic heterocycles. The SMILES string of the molecule is Cc1ccc(C(N)=S)cc1NC(=O)c1scc(C)c1Cl. The van der Waals surface area contributed by atoms with Crippen LogP contribution < -0.4 is 11.1 Å². The van der Waals surface area contributed by atoms with Crippen molar-refractivity contribution in [2.24, 2.45) is 5.73 Å². The number of aryl methyl sites for hydroxylation is 2. The average molecular weight is 325 g/mol. The summed E-state index contributed by atoms with van der Waals surface area (Å²) in [7, 11) is 0. The van der Waals surface area contributed by atoms with Crippen molar-refractivity contribution in [2.75, 3.05) is 5.32 Å². The second-order valence-electron chi connectivity index (χ2n) is 4.41. The lowest BCUT2D eigenvalue weighted by atomic mass is 10.1. The first kappa shape index (κ1) is 15.0. The van der Waals surface area contributed by atoms with E-state index in [9.17, 15) is 4.79 Å². The highest BCUT2D eigenvalue weighted by atomic mass is 35.5. The number of benzene rings is 1. The molecule has 0 atom stereocenters. The van der Waals surface area contributed by atoms with Gasteiger partial charge in [-0.05, 0) is 36.4 Å². The minimum absolute atomic E-state index is 0.226. The smallest absolute Gasteiger partial charge is 0.267 e. The maximum Gasteiger partial charge on any atom is 0.267 e. The van der Waals surface area contributed by atoms with Gasteiger partial charge in [0.2, 0.25) is 0 Å². The number of rotatable bonds is 3. The van der Waals surface area contributed by atoms with Crippen LogP contribution in [0.2, 0.25) is 5.02 Å². The van der Waals surface area contributed by atoms with Crippen molar-refractivity contribution in [3.8, 4) is 0 Å². The molecule has 20 heavy (non-hydrogen) atoms. The molecule has 0 saturated heterocycles. The first-order valence-electron chi connectivity index (χ1n) is 5.85. The number of amides is 1. The third-order valence-corrected chi connectivity index (χ3v) is 4.81. The van der Waals surface area contributed by atoms with Crippen molar-refractivity contribution in [2.45, 2.75) is 13.8 Å². The molecule has 0 aliphatic heterocycles. The number of thiocarbonyl (C=S) groups is 1. The Morgan fingerprint density at radius 1 is 1.35 bits per heavy atom. The zero-order chi connectivity index (χ0) is 14.9. The van der Waals surface area contributed by atoms with E-state index in [-0.39, 0.29) is 5.91 Å². The highest BCUT2D eigenvalue weighted by Crippen LogP contribution is 2.28. The molecule has 0 aliphatic rings. The number of carbonyl (C=O) groups excluding carboxylic acids is 1. The summed E-state index contributed by atoms with van der Waals surface area (Å²) < 4.78 is 0. The normalized spacial score (nSPS) is 10.3. The van der Waals surface area contributed by atoms with Crippen LogP contribution in [0.25, 0.3) is 0 Å². The predicted octanol–water partition coefficient (Wildman–Crippen LogP) is 3.90. The molecule has 1 aromatic carbocycles. The van der Waals surface area contributed by atoms with Crippen molar-refractivity contribution in [3.05, 3.63) is 50.2 Å². The average Bonchev–Trinajstić information content (AvgIpc) is 2.72. The molecular weight excluding hydrogens is 312 g/mol. The van der Waals surface area contributed by atoms with E-state index in [4.69, 9.17) is 29.6 Å². The molecule has 0 unspecified atom stereocenters. The van der Waals surface area contributed by atoms with Crippen molar-refractivity contribution in [1.29, 1.82) is 0 Å². The van der Waals surface area contributed by atoms with Gasteiger partial charge in [-0.1, -0.05) is 36.0 Å². The topological polar surface area (TPSA) is 55.1 Å². The second-order valence-corrected chi connectivity index (χ2v) is 6.11. The molecule has 6 heteroatoms. The van der Waals surface area contributed by atoms with Crippen LogP contribution in [-0.2, 0) is 0 Å². The van der Waals surface area contributed by atoms with Crippen LogP contribution in [0.1, 0.15) is 26.4 Å². The molecule has 0 fully saturated rings. The summed E-state index contributed by atoms with van der Waals surface area (Å²) in [6, 6.07) is 5.46. The standard InChI is InChI=1S/C14H13ClN2OS2/c1-7-3-4-9(13(16)19)5-10(7)17-14(18)12-11(15)8(2)6-20-12/h3-6H,1-2H3,(H2,16,19)(H,17,18). The summed E-state index contributed by atoms with van der Waals surface area (Å²) in [4.78, 5) is 13.0. The number of nitrogens with one attached hydrogen (secondary N) is 1. The maximum absolute atomic E-state index is 12.2. The minimum atomic E-state index is -0.226. The van der Waals surface area contributed by atoms with E-state index in [0.29, 0.717) is 26.1 Å². The van der Waals surface area contributed by atoms with E-state index in [0.717, 1.165) is 11.1 Å². The van der Waals surface area contributed by atoms with Crippen LogP contribution >= 0.6 is 35.2 Å². The number of anilines is 1. The lowest BCUT2D eigenvalue weighted by Crippen LogP contribution is -2.14. The molecule has 0 spiro atoms. The fraction of sp³-hybridized carbons (Fsp3) is 0.143. The molecule has 0 radical (unpaired) electrons. The van der Waals surface area contributed by atoms with Crippen LogP contribution in [-0.4, -0.2) is 10.9 Å². The highest BCUT2D eigenvalue weighted by Gasteiger charge is 2.15. The summed E-state index contributed by atoms with van der Waals surface area (Å²) in [6.45, 7) is 3.77. The van der Waals surface area contributed by atoms with Gasteiger partial charge in [0.15, 0.2) is 0 Å². The molecule has 104 valence electrons. The fourth-order valence-electron chi connectivity index (χ4n) is 1.67. The number of nitrogens with two attached hydrogens (primary N) is 1. The molecule has 0 saturated carbocycles. The quantitative estimate of drug-likeness (QED) is 0.842. The van der Waals surface area contributed by atoms with Crippen LogP contribution in [0.15, 0.2) is 23.6 Å². The molecule has 3 nitrogen and oxygen atoms in total.